The molecule has 1 fully saturated rings. The maximum absolute atomic E-state index is 13.3. The Morgan fingerprint density at radius 3 is 2.21 bits per heavy atom. The zero-order valence-electron chi connectivity index (χ0n) is 19.5. The predicted octanol–water partition coefficient (Wildman–Crippen LogP) is 6.14. The highest BCUT2D eigenvalue weighted by molar-refractivity contribution is 7.98. The summed E-state index contributed by atoms with van der Waals surface area (Å²) in [6.45, 7) is 3.82. The Labute approximate surface area is 205 Å². The zero-order valence-corrected chi connectivity index (χ0v) is 20.3. The second-order valence-corrected chi connectivity index (χ2v) is 9.22. The van der Waals surface area contributed by atoms with E-state index in [1.165, 1.54) is 0 Å². The van der Waals surface area contributed by atoms with Crippen LogP contribution >= 0.6 is 11.8 Å². The zero-order chi connectivity index (χ0) is 23.9. The molecule has 3 N–H and O–H groups in total. The summed E-state index contributed by atoms with van der Waals surface area (Å²) >= 11 is 1.65. The molecule has 1 atom stereocenters. The molecular weight excluding hydrogens is 444 g/mol. The molecule has 1 aliphatic heterocycles. The van der Waals surface area contributed by atoms with E-state index in [0.29, 0.717) is 16.9 Å². The largest absolute Gasteiger partial charge is 0.371 e. The van der Waals surface area contributed by atoms with Crippen molar-refractivity contribution < 1.29 is 9.59 Å². The van der Waals surface area contributed by atoms with E-state index in [2.05, 4.69) is 20.9 Å². The maximum Gasteiger partial charge on any atom is 0.323 e. The molecule has 3 aromatic carbocycles. The summed E-state index contributed by atoms with van der Waals surface area (Å²) in [6, 6.07) is 22.6. The van der Waals surface area contributed by atoms with E-state index >= 15 is 0 Å². The van der Waals surface area contributed by atoms with Crippen molar-refractivity contribution >= 4 is 40.8 Å². The van der Waals surface area contributed by atoms with Crippen molar-refractivity contribution in [3.8, 4) is 0 Å². The number of amides is 3. The third-order valence-corrected chi connectivity index (χ3v) is 6.68. The lowest BCUT2D eigenvalue weighted by atomic mass is 10.1. The van der Waals surface area contributed by atoms with Gasteiger partial charge >= 0.3 is 6.03 Å². The summed E-state index contributed by atoms with van der Waals surface area (Å²) < 4.78 is 0. The fourth-order valence-electron chi connectivity index (χ4n) is 4.10. The van der Waals surface area contributed by atoms with Crippen molar-refractivity contribution in [1.29, 1.82) is 0 Å². The predicted molar refractivity (Wildman–Crippen MR) is 141 cm³/mol. The van der Waals surface area contributed by atoms with E-state index in [4.69, 9.17) is 0 Å². The maximum atomic E-state index is 13.3. The van der Waals surface area contributed by atoms with Gasteiger partial charge in [-0.2, -0.15) is 0 Å². The fraction of sp³-hybridized carbons (Fsp3) is 0.259. The molecule has 1 heterocycles. The van der Waals surface area contributed by atoms with Gasteiger partial charge in [0.25, 0.3) is 5.91 Å². The van der Waals surface area contributed by atoms with Gasteiger partial charge in [-0.15, -0.1) is 11.8 Å². The van der Waals surface area contributed by atoms with Crippen LogP contribution in [0.15, 0.2) is 77.7 Å². The van der Waals surface area contributed by atoms with Gasteiger partial charge in [-0.3, -0.25) is 4.79 Å². The van der Waals surface area contributed by atoms with Gasteiger partial charge in [0.05, 0.1) is 11.6 Å². The molecule has 4 rings (SSSR count). The normalized spacial score (nSPS) is 13.9. The highest BCUT2D eigenvalue weighted by atomic mass is 32.2. The summed E-state index contributed by atoms with van der Waals surface area (Å²) in [5, 5.41) is 8.82. The number of carbonyl (C=O) groups excluding carboxylic acids is 2. The second-order valence-electron chi connectivity index (χ2n) is 8.34. The number of benzene rings is 3. The lowest BCUT2D eigenvalue weighted by Gasteiger charge is -2.23. The van der Waals surface area contributed by atoms with Gasteiger partial charge < -0.3 is 20.9 Å². The standard InChI is InChI=1S/C27H30N4O2S/c1-19(20-8-4-3-5-9-20)28-26(32)24-18-22(12-15-25(24)31-16-6-7-17-31)30-27(33)29-21-10-13-23(34-2)14-11-21/h3-5,8-15,18-19H,6-7,16-17H2,1-2H3,(H,28,32)(H2,29,30,33). The number of rotatable bonds is 7. The number of hydrogen-bond acceptors (Lipinski definition) is 4. The molecule has 0 aromatic heterocycles. The third-order valence-electron chi connectivity index (χ3n) is 5.94. The number of nitrogens with one attached hydrogen (secondary N) is 3. The molecule has 0 saturated carbocycles. The average Bonchev–Trinajstić information content (AvgIpc) is 3.40. The van der Waals surface area contributed by atoms with Gasteiger partial charge in [-0.25, -0.2) is 4.79 Å². The van der Waals surface area contributed by atoms with E-state index in [1.54, 1.807) is 17.8 Å². The van der Waals surface area contributed by atoms with Gasteiger partial charge in [-0.05, 0) is 74.0 Å². The number of anilines is 3. The first-order valence-corrected chi connectivity index (χ1v) is 12.7. The molecule has 0 radical (unpaired) electrons. The lowest BCUT2D eigenvalue weighted by molar-refractivity contribution is 0.0940. The van der Waals surface area contributed by atoms with Crippen LogP contribution < -0.4 is 20.9 Å². The Morgan fingerprint density at radius 1 is 0.882 bits per heavy atom. The monoisotopic (exact) mass is 474 g/mol. The van der Waals surface area contributed by atoms with Crippen LogP contribution in [0.3, 0.4) is 0 Å². The summed E-state index contributed by atoms with van der Waals surface area (Å²) in [5.41, 5.74) is 3.78. The molecule has 34 heavy (non-hydrogen) atoms. The van der Waals surface area contributed by atoms with Crippen molar-refractivity contribution in [2.45, 2.75) is 30.7 Å². The number of carbonyl (C=O) groups is 2. The molecule has 3 aromatic rings. The number of urea groups is 1. The molecule has 0 spiro atoms. The van der Waals surface area contributed by atoms with Gasteiger partial charge in [0.1, 0.15) is 0 Å². The number of hydrogen-bond donors (Lipinski definition) is 3. The summed E-state index contributed by atoms with van der Waals surface area (Å²) in [5.74, 6) is -0.157. The Bertz CT molecular complexity index is 1130. The first-order chi connectivity index (χ1) is 16.5. The van der Waals surface area contributed by atoms with Crippen LogP contribution in [0.25, 0.3) is 0 Å². The van der Waals surface area contributed by atoms with Crippen LogP contribution in [0.1, 0.15) is 41.7 Å². The minimum atomic E-state index is -0.352. The van der Waals surface area contributed by atoms with Crippen LogP contribution in [0.2, 0.25) is 0 Å². The number of nitrogens with zero attached hydrogens (tertiary/aromatic N) is 1. The highest BCUT2D eigenvalue weighted by Crippen LogP contribution is 2.28. The van der Waals surface area contributed by atoms with E-state index in [9.17, 15) is 9.59 Å². The van der Waals surface area contributed by atoms with E-state index in [-0.39, 0.29) is 18.0 Å². The van der Waals surface area contributed by atoms with Crippen molar-refractivity contribution in [3.63, 3.8) is 0 Å². The minimum Gasteiger partial charge on any atom is -0.371 e. The van der Waals surface area contributed by atoms with Gasteiger partial charge in [0.2, 0.25) is 0 Å². The Morgan fingerprint density at radius 2 is 1.53 bits per heavy atom. The van der Waals surface area contributed by atoms with E-state index in [0.717, 1.165) is 42.1 Å². The topological polar surface area (TPSA) is 73.5 Å². The molecule has 1 aliphatic rings. The Kier molecular flexibility index (Phi) is 7.75. The molecular formula is C27H30N4O2S. The van der Waals surface area contributed by atoms with Crippen LogP contribution in [-0.2, 0) is 0 Å². The fourth-order valence-corrected chi connectivity index (χ4v) is 4.50. The van der Waals surface area contributed by atoms with Gasteiger partial charge in [0.15, 0.2) is 0 Å². The minimum absolute atomic E-state index is 0.135. The summed E-state index contributed by atoms with van der Waals surface area (Å²) in [4.78, 5) is 29.3. The molecule has 1 saturated heterocycles. The smallest absolute Gasteiger partial charge is 0.323 e. The quantitative estimate of drug-likeness (QED) is 0.360. The number of thioether (sulfide) groups is 1. The molecule has 0 bridgehead atoms. The van der Waals surface area contributed by atoms with Crippen LogP contribution in [0, 0.1) is 0 Å². The van der Waals surface area contributed by atoms with Crippen LogP contribution in [-0.4, -0.2) is 31.3 Å². The van der Waals surface area contributed by atoms with Crippen molar-refractivity contribution in [2.24, 2.45) is 0 Å². The van der Waals surface area contributed by atoms with Crippen molar-refractivity contribution in [1.82, 2.24) is 5.32 Å². The summed E-state index contributed by atoms with van der Waals surface area (Å²) in [7, 11) is 0. The molecule has 1 unspecified atom stereocenters. The Hall–Kier alpha value is -3.45. The van der Waals surface area contributed by atoms with Crippen molar-refractivity contribution in [3.05, 3.63) is 83.9 Å². The van der Waals surface area contributed by atoms with E-state index in [1.807, 2.05) is 79.9 Å². The Balaban J connectivity index is 1.51. The first-order valence-electron chi connectivity index (χ1n) is 11.5. The molecule has 3 amide bonds. The van der Waals surface area contributed by atoms with Crippen LogP contribution in [0.5, 0.6) is 0 Å². The SMILES string of the molecule is CSc1ccc(NC(=O)Nc2ccc(N3CCCC3)c(C(=O)NC(C)c3ccccc3)c2)cc1. The third kappa shape index (κ3) is 5.91. The molecule has 7 heteroatoms. The molecule has 176 valence electrons. The second kappa shape index (κ2) is 11.1. The molecule has 6 nitrogen and oxygen atoms in total. The highest BCUT2D eigenvalue weighted by Gasteiger charge is 2.22. The summed E-state index contributed by atoms with van der Waals surface area (Å²) in [6.07, 6.45) is 4.23. The van der Waals surface area contributed by atoms with E-state index < -0.39 is 0 Å². The first kappa shape index (κ1) is 23.7. The van der Waals surface area contributed by atoms with Crippen molar-refractivity contribution in [2.75, 3.05) is 34.9 Å². The lowest BCUT2D eigenvalue weighted by Crippen LogP contribution is -2.30. The van der Waals surface area contributed by atoms with Gasteiger partial charge in [-0.1, -0.05) is 30.3 Å². The van der Waals surface area contributed by atoms with Crippen LogP contribution in [0.4, 0.5) is 21.9 Å². The van der Waals surface area contributed by atoms with Gasteiger partial charge in [0, 0.05) is 35.0 Å². The molecule has 0 aliphatic carbocycles. The average molecular weight is 475 g/mol.